The zero-order valence-corrected chi connectivity index (χ0v) is 12.8. The van der Waals surface area contributed by atoms with E-state index in [1.165, 1.54) is 18.2 Å². The molecule has 0 aliphatic carbocycles. The van der Waals surface area contributed by atoms with Gasteiger partial charge in [-0.25, -0.2) is 4.39 Å². The van der Waals surface area contributed by atoms with Crippen molar-refractivity contribution in [3.8, 4) is 17.2 Å². The highest BCUT2D eigenvalue weighted by Crippen LogP contribution is 2.35. The Hall–Kier alpha value is -2.76. The number of phenols is 1. The molecule has 2 N–H and O–H groups in total. The van der Waals surface area contributed by atoms with Crippen LogP contribution in [0, 0.1) is 5.82 Å². The third kappa shape index (κ3) is 2.92. The van der Waals surface area contributed by atoms with E-state index in [0.29, 0.717) is 29.2 Å². The Bertz CT molecular complexity index is 761. The quantitative estimate of drug-likeness (QED) is 0.910. The molecule has 0 saturated carbocycles. The normalized spacial score (nSPS) is 16.7. The Morgan fingerprint density at radius 1 is 1.17 bits per heavy atom. The molecule has 0 fully saturated rings. The molecule has 23 heavy (non-hydrogen) atoms. The van der Waals surface area contributed by atoms with Gasteiger partial charge in [0.15, 0.2) is 0 Å². The SMILES string of the molecule is COc1ccc([C@@H]2CC(c3cc(F)ccc3O)=NN2)c(OC)c1. The van der Waals surface area contributed by atoms with Crippen molar-refractivity contribution >= 4 is 5.71 Å². The van der Waals surface area contributed by atoms with E-state index >= 15 is 0 Å². The van der Waals surface area contributed by atoms with Crippen molar-refractivity contribution < 1.29 is 19.0 Å². The molecule has 1 heterocycles. The van der Waals surface area contributed by atoms with E-state index in [0.717, 1.165) is 5.56 Å². The molecule has 5 nitrogen and oxygen atoms in total. The summed E-state index contributed by atoms with van der Waals surface area (Å²) in [6.45, 7) is 0. The van der Waals surface area contributed by atoms with Crippen molar-refractivity contribution in [1.29, 1.82) is 0 Å². The first-order valence-corrected chi connectivity index (χ1v) is 7.15. The van der Waals surface area contributed by atoms with E-state index in [2.05, 4.69) is 10.5 Å². The smallest absolute Gasteiger partial charge is 0.127 e. The summed E-state index contributed by atoms with van der Waals surface area (Å²) in [5.74, 6) is 0.981. The molecular formula is C17H17FN2O3. The van der Waals surface area contributed by atoms with Gasteiger partial charge in [0.1, 0.15) is 23.1 Å². The highest BCUT2D eigenvalue weighted by molar-refractivity contribution is 6.04. The van der Waals surface area contributed by atoms with E-state index < -0.39 is 5.82 Å². The summed E-state index contributed by atoms with van der Waals surface area (Å²) in [6.07, 6.45) is 0.514. The number of hydrogen-bond acceptors (Lipinski definition) is 5. The summed E-state index contributed by atoms with van der Waals surface area (Å²) < 4.78 is 24.0. The van der Waals surface area contributed by atoms with Crippen LogP contribution in [0.2, 0.25) is 0 Å². The fraction of sp³-hybridized carbons (Fsp3) is 0.235. The third-order valence-corrected chi connectivity index (χ3v) is 3.84. The van der Waals surface area contributed by atoms with Crippen molar-refractivity contribution in [1.82, 2.24) is 5.43 Å². The lowest BCUT2D eigenvalue weighted by Gasteiger charge is -2.15. The predicted octanol–water partition coefficient (Wildman–Crippen LogP) is 2.99. The van der Waals surface area contributed by atoms with Gasteiger partial charge < -0.3 is 20.0 Å². The molecule has 0 bridgehead atoms. The number of halogens is 1. The number of nitrogens with zero attached hydrogens (tertiary/aromatic N) is 1. The lowest BCUT2D eigenvalue weighted by molar-refractivity contribution is 0.386. The van der Waals surface area contributed by atoms with Crippen LogP contribution in [0.5, 0.6) is 17.2 Å². The Morgan fingerprint density at radius 3 is 2.74 bits per heavy atom. The van der Waals surface area contributed by atoms with Crippen LogP contribution in [0.4, 0.5) is 4.39 Å². The fourth-order valence-corrected chi connectivity index (χ4v) is 2.64. The van der Waals surface area contributed by atoms with Crippen LogP contribution in [0.1, 0.15) is 23.6 Å². The van der Waals surface area contributed by atoms with Gasteiger partial charge in [0.25, 0.3) is 0 Å². The first-order chi connectivity index (χ1) is 11.1. The summed E-state index contributed by atoms with van der Waals surface area (Å²) >= 11 is 0. The number of aromatic hydroxyl groups is 1. The second kappa shape index (κ2) is 6.16. The number of benzene rings is 2. The maximum absolute atomic E-state index is 13.4. The van der Waals surface area contributed by atoms with E-state index in [1.807, 2.05) is 12.1 Å². The van der Waals surface area contributed by atoms with E-state index in [1.54, 1.807) is 20.3 Å². The van der Waals surface area contributed by atoms with Crippen LogP contribution < -0.4 is 14.9 Å². The van der Waals surface area contributed by atoms with E-state index in [4.69, 9.17) is 9.47 Å². The molecule has 1 aliphatic rings. The number of hydrazone groups is 1. The minimum atomic E-state index is -0.411. The minimum Gasteiger partial charge on any atom is -0.507 e. The molecular weight excluding hydrogens is 299 g/mol. The van der Waals surface area contributed by atoms with Crippen LogP contribution in [0.15, 0.2) is 41.5 Å². The molecule has 0 aromatic heterocycles. The van der Waals surface area contributed by atoms with Crippen molar-refractivity contribution in [2.45, 2.75) is 12.5 Å². The zero-order chi connectivity index (χ0) is 16.4. The van der Waals surface area contributed by atoms with Gasteiger partial charge in [-0.3, -0.25) is 0 Å². The lowest BCUT2D eigenvalue weighted by Crippen LogP contribution is -2.11. The zero-order valence-electron chi connectivity index (χ0n) is 12.8. The summed E-state index contributed by atoms with van der Waals surface area (Å²) in [5, 5.41) is 14.1. The molecule has 0 saturated heterocycles. The van der Waals surface area contributed by atoms with Crippen LogP contribution in [0.25, 0.3) is 0 Å². The number of phenolic OH excluding ortho intramolecular Hbond substituents is 1. The van der Waals surface area contributed by atoms with Crippen LogP contribution in [-0.2, 0) is 0 Å². The van der Waals surface area contributed by atoms with Gasteiger partial charge in [-0.15, -0.1) is 0 Å². The van der Waals surface area contributed by atoms with Gasteiger partial charge in [0.2, 0.25) is 0 Å². The number of ether oxygens (including phenoxy) is 2. The summed E-state index contributed by atoms with van der Waals surface area (Å²) in [4.78, 5) is 0. The van der Waals surface area contributed by atoms with Gasteiger partial charge in [0, 0.05) is 23.6 Å². The number of methoxy groups -OCH3 is 2. The Labute approximate surface area is 133 Å². The number of nitrogens with one attached hydrogen (secondary N) is 1. The molecule has 3 rings (SSSR count). The Morgan fingerprint density at radius 2 is 2.00 bits per heavy atom. The molecule has 0 unspecified atom stereocenters. The first-order valence-electron chi connectivity index (χ1n) is 7.15. The lowest BCUT2D eigenvalue weighted by atomic mass is 9.97. The number of rotatable bonds is 4. The summed E-state index contributed by atoms with van der Waals surface area (Å²) in [7, 11) is 3.18. The van der Waals surface area contributed by atoms with Crippen LogP contribution >= 0.6 is 0 Å². The van der Waals surface area contributed by atoms with Gasteiger partial charge in [-0.1, -0.05) is 0 Å². The average Bonchev–Trinajstić information content (AvgIpc) is 3.06. The van der Waals surface area contributed by atoms with Gasteiger partial charge in [0.05, 0.1) is 26.0 Å². The Balaban J connectivity index is 1.86. The predicted molar refractivity (Wildman–Crippen MR) is 84.6 cm³/mol. The topological polar surface area (TPSA) is 63.1 Å². The minimum absolute atomic E-state index is 0.00861. The second-order valence-electron chi connectivity index (χ2n) is 5.21. The first kappa shape index (κ1) is 15.1. The average molecular weight is 316 g/mol. The summed E-state index contributed by atoms with van der Waals surface area (Å²) in [6, 6.07) is 9.25. The fourth-order valence-electron chi connectivity index (χ4n) is 2.64. The largest absolute Gasteiger partial charge is 0.507 e. The van der Waals surface area contributed by atoms with E-state index in [9.17, 15) is 9.50 Å². The maximum Gasteiger partial charge on any atom is 0.127 e. The van der Waals surface area contributed by atoms with Crippen molar-refractivity contribution in [2.75, 3.05) is 14.2 Å². The van der Waals surface area contributed by atoms with E-state index in [-0.39, 0.29) is 11.8 Å². The molecule has 1 atom stereocenters. The molecule has 2 aromatic carbocycles. The van der Waals surface area contributed by atoms with Crippen molar-refractivity contribution in [2.24, 2.45) is 5.10 Å². The number of hydrogen-bond donors (Lipinski definition) is 2. The van der Waals surface area contributed by atoms with Crippen molar-refractivity contribution in [3.05, 3.63) is 53.3 Å². The van der Waals surface area contributed by atoms with Gasteiger partial charge in [-0.05, 0) is 30.3 Å². The molecule has 0 amide bonds. The molecule has 2 aromatic rings. The third-order valence-electron chi connectivity index (χ3n) is 3.84. The van der Waals surface area contributed by atoms with Gasteiger partial charge in [-0.2, -0.15) is 5.10 Å². The summed E-state index contributed by atoms with van der Waals surface area (Å²) in [5.41, 5.74) is 4.93. The highest BCUT2D eigenvalue weighted by atomic mass is 19.1. The maximum atomic E-state index is 13.4. The van der Waals surface area contributed by atoms with Crippen LogP contribution in [0.3, 0.4) is 0 Å². The second-order valence-corrected chi connectivity index (χ2v) is 5.21. The van der Waals surface area contributed by atoms with Crippen molar-refractivity contribution in [3.63, 3.8) is 0 Å². The van der Waals surface area contributed by atoms with Crippen LogP contribution in [-0.4, -0.2) is 25.0 Å². The monoisotopic (exact) mass is 316 g/mol. The molecule has 0 spiro atoms. The Kier molecular flexibility index (Phi) is 4.06. The molecule has 1 aliphatic heterocycles. The highest BCUT2D eigenvalue weighted by Gasteiger charge is 2.25. The van der Waals surface area contributed by atoms with Gasteiger partial charge >= 0.3 is 0 Å². The molecule has 6 heteroatoms. The standard InChI is InChI=1S/C17H17FN2O3/c1-22-11-4-5-12(17(8-11)23-2)14-9-15(20-19-14)13-7-10(18)3-6-16(13)21/h3-8,14,19,21H,9H2,1-2H3/t14-/m0/s1. The molecule has 0 radical (unpaired) electrons. The molecule has 120 valence electrons.